The molecular weight excluding hydrogens is 552 g/mol. The second kappa shape index (κ2) is 21.4. The van der Waals surface area contributed by atoms with Gasteiger partial charge in [0.15, 0.2) is 0 Å². The zero-order valence-electron chi connectivity index (χ0n) is 28.6. The fourth-order valence-electron chi connectivity index (χ4n) is 5.06. The minimum Gasteiger partial charge on any atom is -0.498 e. The number of hydrogen-bond donors (Lipinski definition) is 1. The number of rotatable bonds is 9. The third-order valence-electron chi connectivity index (χ3n) is 7.34. The zero-order chi connectivity index (χ0) is 32.9. The lowest BCUT2D eigenvalue weighted by Gasteiger charge is -2.18. The maximum atomic E-state index is 12.8. The maximum absolute atomic E-state index is 12.8. The number of allylic oxidation sites excluding steroid dienone is 2. The van der Waals surface area contributed by atoms with Gasteiger partial charge in [0.1, 0.15) is 0 Å². The molecule has 0 spiro atoms. The topological polar surface area (TPSA) is 41.6 Å². The van der Waals surface area contributed by atoms with Gasteiger partial charge in [0.2, 0.25) is 0 Å². The molecule has 0 bridgehead atoms. The standard InChI is InChI=1S/C23H22N2O.C14H20O.2C2H6/c26-23(22-11-5-4-10-21(22)18-8-2-1-3-9-18)24-19-12-14-20(15-13-19)25-16-6-7-17-25;1-4-11-15-14(5-2)12(3)13-9-7-6-8-10-13;2*1-2/h1-5,8-15H,6-7,16-17H2,(H,24,26);5-10,12H,4,11H2,1-3H3;2*1-2H3/b;14-5-;;. The van der Waals surface area contributed by atoms with Gasteiger partial charge in [-0.1, -0.05) is 120 Å². The molecule has 1 heterocycles. The van der Waals surface area contributed by atoms with Crippen LogP contribution >= 0.6 is 0 Å². The molecule has 1 aliphatic heterocycles. The first-order chi connectivity index (χ1) is 22.1. The van der Waals surface area contributed by atoms with E-state index in [-0.39, 0.29) is 5.91 Å². The summed E-state index contributed by atoms with van der Waals surface area (Å²) >= 11 is 0. The Bertz CT molecular complexity index is 1380. The van der Waals surface area contributed by atoms with Crippen LogP contribution in [0.15, 0.2) is 121 Å². The van der Waals surface area contributed by atoms with Gasteiger partial charge in [-0.05, 0) is 79.3 Å². The molecule has 4 aromatic rings. The molecule has 1 aliphatic rings. The van der Waals surface area contributed by atoms with Gasteiger partial charge in [-0.15, -0.1) is 0 Å². The van der Waals surface area contributed by atoms with Crippen molar-refractivity contribution in [3.05, 3.63) is 132 Å². The van der Waals surface area contributed by atoms with Crippen molar-refractivity contribution >= 4 is 17.3 Å². The molecule has 240 valence electrons. The molecule has 1 atom stereocenters. The van der Waals surface area contributed by atoms with Crippen LogP contribution in [0, 0.1) is 0 Å². The zero-order valence-corrected chi connectivity index (χ0v) is 28.6. The SMILES string of the molecule is C/C=C(\OCCC)C(C)c1ccccc1.CC.CC.O=C(Nc1ccc(N2CCCC2)cc1)c1ccccc1-c1ccccc1. The van der Waals surface area contributed by atoms with Crippen LogP contribution < -0.4 is 10.2 Å². The summed E-state index contributed by atoms with van der Waals surface area (Å²) in [5.41, 5.74) is 6.02. The van der Waals surface area contributed by atoms with Crippen LogP contribution in [-0.4, -0.2) is 25.6 Å². The number of benzene rings is 4. The Labute approximate surface area is 273 Å². The molecular formula is C41H54N2O2. The van der Waals surface area contributed by atoms with Crippen molar-refractivity contribution in [2.24, 2.45) is 0 Å². The van der Waals surface area contributed by atoms with Gasteiger partial charge >= 0.3 is 0 Å². The largest absolute Gasteiger partial charge is 0.498 e. The number of carbonyl (C=O) groups excluding carboxylic acids is 1. The molecule has 1 amide bonds. The van der Waals surface area contributed by atoms with Gasteiger partial charge in [0.05, 0.1) is 12.4 Å². The van der Waals surface area contributed by atoms with Gasteiger partial charge in [-0.25, -0.2) is 0 Å². The van der Waals surface area contributed by atoms with E-state index < -0.39 is 0 Å². The van der Waals surface area contributed by atoms with Crippen LogP contribution in [0.1, 0.15) is 89.6 Å². The molecule has 0 radical (unpaired) electrons. The number of ether oxygens (including phenoxy) is 1. The summed E-state index contributed by atoms with van der Waals surface area (Å²) in [7, 11) is 0. The molecule has 0 aromatic heterocycles. The summed E-state index contributed by atoms with van der Waals surface area (Å²) in [4.78, 5) is 15.2. The lowest BCUT2D eigenvalue weighted by Crippen LogP contribution is -2.17. The maximum Gasteiger partial charge on any atom is 0.256 e. The van der Waals surface area contributed by atoms with Gasteiger partial charge in [0, 0.05) is 35.9 Å². The van der Waals surface area contributed by atoms with Crippen LogP contribution in [-0.2, 0) is 4.74 Å². The average molecular weight is 607 g/mol. The summed E-state index contributed by atoms with van der Waals surface area (Å²) in [5, 5.41) is 3.03. The number of anilines is 2. The van der Waals surface area contributed by atoms with Crippen molar-refractivity contribution in [2.75, 3.05) is 29.9 Å². The van der Waals surface area contributed by atoms with Crippen molar-refractivity contribution < 1.29 is 9.53 Å². The van der Waals surface area contributed by atoms with Crippen LogP contribution in [0.4, 0.5) is 11.4 Å². The van der Waals surface area contributed by atoms with Crippen LogP contribution in [0.5, 0.6) is 0 Å². The summed E-state index contributed by atoms with van der Waals surface area (Å²) in [6, 6.07) is 36.3. The van der Waals surface area contributed by atoms with Crippen LogP contribution in [0.2, 0.25) is 0 Å². The number of nitrogens with zero attached hydrogens (tertiary/aromatic N) is 1. The van der Waals surface area contributed by atoms with E-state index in [1.807, 2.05) is 107 Å². The highest BCUT2D eigenvalue weighted by molar-refractivity contribution is 6.08. The fourth-order valence-corrected chi connectivity index (χ4v) is 5.06. The molecule has 0 saturated carbocycles. The van der Waals surface area contributed by atoms with Crippen molar-refractivity contribution in [1.82, 2.24) is 0 Å². The van der Waals surface area contributed by atoms with E-state index >= 15 is 0 Å². The third-order valence-corrected chi connectivity index (χ3v) is 7.34. The molecule has 1 saturated heterocycles. The van der Waals surface area contributed by atoms with Crippen LogP contribution in [0.3, 0.4) is 0 Å². The van der Waals surface area contributed by atoms with E-state index in [1.165, 1.54) is 24.1 Å². The average Bonchev–Trinajstić information content (AvgIpc) is 3.67. The van der Waals surface area contributed by atoms with Crippen molar-refractivity contribution in [3.8, 4) is 11.1 Å². The molecule has 1 unspecified atom stereocenters. The second-order valence-electron chi connectivity index (χ2n) is 10.3. The Morgan fingerprint density at radius 1 is 0.800 bits per heavy atom. The second-order valence-corrected chi connectivity index (χ2v) is 10.3. The highest BCUT2D eigenvalue weighted by Gasteiger charge is 2.15. The first-order valence-electron chi connectivity index (χ1n) is 16.8. The molecule has 0 aliphatic carbocycles. The van der Waals surface area contributed by atoms with E-state index in [9.17, 15) is 4.79 Å². The normalized spacial score (nSPS) is 12.7. The Kier molecular flexibility index (Phi) is 17.5. The van der Waals surface area contributed by atoms with Crippen molar-refractivity contribution in [3.63, 3.8) is 0 Å². The minimum atomic E-state index is -0.0848. The quantitative estimate of drug-likeness (QED) is 0.193. The van der Waals surface area contributed by atoms with E-state index in [2.05, 4.69) is 66.5 Å². The van der Waals surface area contributed by atoms with Gasteiger partial charge in [-0.2, -0.15) is 0 Å². The summed E-state index contributed by atoms with van der Waals surface area (Å²) in [6.45, 7) is 17.4. The number of amides is 1. The Morgan fingerprint density at radius 2 is 1.36 bits per heavy atom. The predicted molar refractivity (Wildman–Crippen MR) is 195 cm³/mol. The molecule has 4 heteroatoms. The minimum absolute atomic E-state index is 0.0848. The molecule has 1 fully saturated rings. The van der Waals surface area contributed by atoms with Gasteiger partial charge < -0.3 is 15.0 Å². The van der Waals surface area contributed by atoms with Gasteiger partial charge in [0.25, 0.3) is 5.91 Å². The smallest absolute Gasteiger partial charge is 0.256 e. The molecule has 4 aromatic carbocycles. The third kappa shape index (κ3) is 11.6. The van der Waals surface area contributed by atoms with Crippen molar-refractivity contribution in [2.45, 2.75) is 73.6 Å². The Hall–Kier alpha value is -4.31. The lowest BCUT2D eigenvalue weighted by atomic mass is 9.99. The fraction of sp³-hybridized carbons (Fsp3) is 0.341. The van der Waals surface area contributed by atoms with Crippen molar-refractivity contribution in [1.29, 1.82) is 0 Å². The number of nitrogens with one attached hydrogen (secondary N) is 1. The van der Waals surface area contributed by atoms with Crippen LogP contribution in [0.25, 0.3) is 11.1 Å². The Balaban J connectivity index is 0.000000318. The molecule has 4 nitrogen and oxygen atoms in total. The number of hydrogen-bond acceptors (Lipinski definition) is 3. The van der Waals surface area contributed by atoms with E-state index in [1.54, 1.807) is 0 Å². The first-order valence-corrected chi connectivity index (χ1v) is 16.8. The monoisotopic (exact) mass is 606 g/mol. The summed E-state index contributed by atoms with van der Waals surface area (Å²) in [5.74, 6) is 1.34. The predicted octanol–water partition coefficient (Wildman–Crippen LogP) is 11.4. The highest BCUT2D eigenvalue weighted by Crippen LogP contribution is 2.26. The summed E-state index contributed by atoms with van der Waals surface area (Å²) in [6.07, 6.45) is 5.63. The lowest BCUT2D eigenvalue weighted by molar-refractivity contribution is 0.102. The van der Waals surface area contributed by atoms with E-state index in [0.29, 0.717) is 11.5 Å². The van der Waals surface area contributed by atoms with E-state index in [0.717, 1.165) is 48.7 Å². The molecule has 1 N–H and O–H groups in total. The highest BCUT2D eigenvalue weighted by atomic mass is 16.5. The number of carbonyl (C=O) groups is 1. The first kappa shape index (κ1) is 36.9. The summed E-state index contributed by atoms with van der Waals surface area (Å²) < 4.78 is 5.72. The molecule has 5 rings (SSSR count). The van der Waals surface area contributed by atoms with Gasteiger partial charge in [-0.3, -0.25) is 4.79 Å². The Morgan fingerprint density at radius 3 is 1.93 bits per heavy atom. The molecule has 45 heavy (non-hydrogen) atoms. The van der Waals surface area contributed by atoms with E-state index in [4.69, 9.17) is 4.74 Å².